The number of aromatic nitrogens is 2. The summed E-state index contributed by atoms with van der Waals surface area (Å²) in [5.74, 6) is 0.841. The number of halogens is 3. The first-order chi connectivity index (χ1) is 9.90. The van der Waals surface area contributed by atoms with Crippen molar-refractivity contribution in [1.29, 1.82) is 0 Å². The van der Waals surface area contributed by atoms with Crippen molar-refractivity contribution in [2.45, 2.75) is 32.5 Å². The number of anilines is 1. The van der Waals surface area contributed by atoms with E-state index in [0.717, 1.165) is 29.7 Å². The summed E-state index contributed by atoms with van der Waals surface area (Å²) in [4.78, 5) is 4.50. The zero-order valence-corrected chi connectivity index (χ0v) is 11.8. The molecule has 0 aliphatic carbocycles. The van der Waals surface area contributed by atoms with E-state index in [1.54, 1.807) is 12.1 Å². The summed E-state index contributed by atoms with van der Waals surface area (Å²) >= 11 is 0. The number of ether oxygens (including phenoxy) is 1. The highest BCUT2D eigenvalue weighted by molar-refractivity contribution is 5.79. The zero-order valence-electron chi connectivity index (χ0n) is 11.8. The highest BCUT2D eigenvalue weighted by atomic mass is 19.4. The van der Waals surface area contributed by atoms with Gasteiger partial charge in [-0.3, -0.25) is 0 Å². The molecule has 0 aliphatic heterocycles. The van der Waals surface area contributed by atoms with Crippen LogP contribution in [0.4, 0.5) is 18.9 Å². The van der Waals surface area contributed by atoms with E-state index in [1.807, 2.05) is 17.6 Å². The van der Waals surface area contributed by atoms with Gasteiger partial charge in [0.25, 0.3) is 0 Å². The molecule has 0 saturated heterocycles. The number of nitrogens with zero attached hydrogens (tertiary/aromatic N) is 2. The fraction of sp³-hybridized carbons (Fsp3) is 0.500. The van der Waals surface area contributed by atoms with E-state index >= 15 is 0 Å². The molecule has 116 valence electrons. The monoisotopic (exact) mass is 301 g/mol. The summed E-state index contributed by atoms with van der Waals surface area (Å²) in [7, 11) is 0. The first-order valence-corrected chi connectivity index (χ1v) is 6.80. The molecule has 0 spiro atoms. The molecule has 2 aromatic rings. The number of hydrogen-bond donors (Lipinski definition) is 1. The van der Waals surface area contributed by atoms with Crippen LogP contribution in [0, 0.1) is 0 Å². The first-order valence-electron chi connectivity index (χ1n) is 6.80. The second kappa shape index (κ2) is 6.34. The molecule has 0 saturated carbocycles. The molecule has 21 heavy (non-hydrogen) atoms. The Bertz CT molecular complexity index is 607. The third kappa shape index (κ3) is 4.10. The Morgan fingerprint density at radius 2 is 2.10 bits per heavy atom. The van der Waals surface area contributed by atoms with E-state index in [4.69, 9.17) is 5.73 Å². The van der Waals surface area contributed by atoms with Crippen molar-refractivity contribution in [3.63, 3.8) is 0 Å². The van der Waals surface area contributed by atoms with Crippen molar-refractivity contribution in [3.05, 3.63) is 24.0 Å². The van der Waals surface area contributed by atoms with Crippen molar-refractivity contribution >= 4 is 16.7 Å². The fourth-order valence-electron chi connectivity index (χ4n) is 2.20. The van der Waals surface area contributed by atoms with Gasteiger partial charge in [-0.15, -0.1) is 0 Å². The van der Waals surface area contributed by atoms with Gasteiger partial charge in [-0.2, -0.15) is 13.2 Å². The van der Waals surface area contributed by atoms with Crippen LogP contribution in [0.15, 0.2) is 18.2 Å². The highest BCUT2D eigenvalue weighted by Crippen LogP contribution is 2.20. The third-order valence-corrected chi connectivity index (χ3v) is 3.05. The van der Waals surface area contributed by atoms with Gasteiger partial charge in [-0.1, -0.05) is 6.92 Å². The maximum Gasteiger partial charge on any atom is 0.411 e. The molecule has 0 radical (unpaired) electrons. The standard InChI is InChI=1S/C14H18F3N3O/c1-2-3-13-19-11-8-10(18)4-5-12(11)20(13)6-7-21-9-14(15,16)17/h4-5,8H,2-3,6-7,9,18H2,1H3. The maximum absolute atomic E-state index is 12.1. The van der Waals surface area contributed by atoms with Gasteiger partial charge in [0.2, 0.25) is 0 Å². The molecule has 0 fully saturated rings. The minimum atomic E-state index is -4.29. The predicted octanol–water partition coefficient (Wildman–Crippen LogP) is 3.15. The number of rotatable bonds is 6. The molecule has 0 amide bonds. The molecule has 0 unspecified atom stereocenters. The van der Waals surface area contributed by atoms with Crippen LogP contribution in [0.2, 0.25) is 0 Å². The molecular weight excluding hydrogens is 283 g/mol. The molecule has 0 atom stereocenters. The summed E-state index contributed by atoms with van der Waals surface area (Å²) in [6, 6.07) is 5.36. The largest absolute Gasteiger partial charge is 0.411 e. The second-order valence-electron chi connectivity index (χ2n) is 4.85. The summed E-state index contributed by atoms with van der Waals surface area (Å²) in [5.41, 5.74) is 7.96. The summed E-state index contributed by atoms with van der Waals surface area (Å²) in [5, 5.41) is 0. The van der Waals surface area contributed by atoms with Crippen LogP contribution in [0.3, 0.4) is 0 Å². The second-order valence-corrected chi connectivity index (χ2v) is 4.85. The number of alkyl halides is 3. The van der Waals surface area contributed by atoms with E-state index in [-0.39, 0.29) is 6.61 Å². The van der Waals surface area contributed by atoms with E-state index in [1.165, 1.54) is 0 Å². The lowest BCUT2D eigenvalue weighted by Crippen LogP contribution is -2.19. The lowest BCUT2D eigenvalue weighted by atomic mass is 10.3. The maximum atomic E-state index is 12.1. The number of benzene rings is 1. The van der Waals surface area contributed by atoms with Crippen LogP contribution in [0.5, 0.6) is 0 Å². The van der Waals surface area contributed by atoms with Gasteiger partial charge in [0.1, 0.15) is 12.4 Å². The lowest BCUT2D eigenvalue weighted by Gasteiger charge is -2.11. The van der Waals surface area contributed by atoms with Gasteiger partial charge >= 0.3 is 6.18 Å². The molecule has 1 heterocycles. The van der Waals surface area contributed by atoms with Crippen molar-refractivity contribution < 1.29 is 17.9 Å². The first kappa shape index (κ1) is 15.6. The van der Waals surface area contributed by atoms with Gasteiger partial charge in [0.05, 0.1) is 17.6 Å². The van der Waals surface area contributed by atoms with Crippen LogP contribution >= 0.6 is 0 Å². The van der Waals surface area contributed by atoms with Gasteiger partial charge in [0.15, 0.2) is 0 Å². The van der Waals surface area contributed by atoms with Crippen LogP contribution in [0.1, 0.15) is 19.2 Å². The van der Waals surface area contributed by atoms with Gasteiger partial charge in [-0.25, -0.2) is 4.98 Å². The molecule has 7 heteroatoms. The van der Waals surface area contributed by atoms with E-state index in [0.29, 0.717) is 12.2 Å². The Balaban J connectivity index is 2.14. The van der Waals surface area contributed by atoms with Gasteiger partial charge in [-0.05, 0) is 24.6 Å². The Hall–Kier alpha value is -1.76. The number of nitrogen functional groups attached to an aromatic ring is 1. The lowest BCUT2D eigenvalue weighted by molar-refractivity contribution is -0.174. The average molecular weight is 301 g/mol. The smallest absolute Gasteiger partial charge is 0.399 e. The molecule has 1 aromatic heterocycles. The van der Waals surface area contributed by atoms with Crippen LogP contribution in [0.25, 0.3) is 11.0 Å². The number of fused-ring (bicyclic) bond motifs is 1. The number of nitrogens with two attached hydrogens (primary N) is 1. The van der Waals surface area contributed by atoms with E-state index in [2.05, 4.69) is 9.72 Å². The SMILES string of the molecule is CCCc1nc2cc(N)ccc2n1CCOCC(F)(F)F. The number of imidazole rings is 1. The zero-order chi connectivity index (χ0) is 15.5. The Morgan fingerprint density at radius 3 is 2.76 bits per heavy atom. The third-order valence-electron chi connectivity index (χ3n) is 3.05. The molecule has 2 N–H and O–H groups in total. The van der Waals surface area contributed by atoms with Crippen LogP contribution < -0.4 is 5.73 Å². The summed E-state index contributed by atoms with van der Waals surface area (Å²) < 4.78 is 42.8. The topological polar surface area (TPSA) is 53.1 Å². The van der Waals surface area contributed by atoms with E-state index in [9.17, 15) is 13.2 Å². The molecule has 0 aliphatic rings. The fourth-order valence-corrected chi connectivity index (χ4v) is 2.20. The number of aryl methyl sites for hydroxylation is 1. The van der Waals surface area contributed by atoms with Crippen LogP contribution in [-0.2, 0) is 17.7 Å². The van der Waals surface area contributed by atoms with Crippen molar-refractivity contribution in [2.75, 3.05) is 18.9 Å². The normalized spacial score (nSPS) is 12.2. The number of hydrogen-bond acceptors (Lipinski definition) is 3. The van der Waals surface area contributed by atoms with Crippen LogP contribution in [-0.4, -0.2) is 28.9 Å². The van der Waals surface area contributed by atoms with Gasteiger partial charge < -0.3 is 15.0 Å². The Labute approximate surface area is 120 Å². The van der Waals surface area contributed by atoms with Crippen molar-refractivity contribution in [3.8, 4) is 0 Å². The highest BCUT2D eigenvalue weighted by Gasteiger charge is 2.27. The Morgan fingerprint density at radius 1 is 1.33 bits per heavy atom. The molecule has 2 rings (SSSR count). The van der Waals surface area contributed by atoms with Crippen molar-refractivity contribution in [2.24, 2.45) is 0 Å². The minimum absolute atomic E-state index is 0.00788. The quantitative estimate of drug-likeness (QED) is 0.658. The average Bonchev–Trinajstić information content (AvgIpc) is 2.71. The summed E-state index contributed by atoms with van der Waals surface area (Å²) in [6.45, 7) is 1.13. The minimum Gasteiger partial charge on any atom is -0.399 e. The Kier molecular flexibility index (Phi) is 4.72. The molecular formula is C14H18F3N3O. The summed E-state index contributed by atoms with van der Waals surface area (Å²) in [6.07, 6.45) is -2.63. The molecule has 0 bridgehead atoms. The van der Waals surface area contributed by atoms with E-state index < -0.39 is 12.8 Å². The van der Waals surface area contributed by atoms with Gasteiger partial charge in [0, 0.05) is 18.7 Å². The molecule has 1 aromatic carbocycles. The predicted molar refractivity (Wildman–Crippen MR) is 75.0 cm³/mol. The molecule has 4 nitrogen and oxygen atoms in total. The van der Waals surface area contributed by atoms with Crippen molar-refractivity contribution in [1.82, 2.24) is 9.55 Å².